The average Bonchev–Trinajstić information content (AvgIpc) is 3.37. The number of hydrogen-bond donors (Lipinski definition) is 4. The Kier molecular flexibility index (Phi) is 54.0. The van der Waals surface area contributed by atoms with E-state index in [1.165, 1.54) is 12.8 Å². The first kappa shape index (κ1) is 74.3. The molecule has 73 heavy (non-hydrogen) atoms. The Hall–Kier alpha value is -5.22. The van der Waals surface area contributed by atoms with Gasteiger partial charge in [0.15, 0.2) is 36.0 Å². The highest BCUT2D eigenvalue weighted by Crippen LogP contribution is 2.23. The van der Waals surface area contributed by atoms with Crippen LogP contribution in [0.1, 0.15) is 123 Å². The molecular formula is C51H66BrCl3F4N2O12. The van der Waals surface area contributed by atoms with Crippen LogP contribution in [0.25, 0.3) is 0 Å². The number of aliphatic hydroxyl groups is 1. The van der Waals surface area contributed by atoms with Crippen molar-refractivity contribution < 1.29 is 75.4 Å². The number of halogens is 8. The zero-order chi connectivity index (χ0) is 56.2. The predicted molar refractivity (Wildman–Crippen MR) is 278 cm³/mol. The molecule has 6 N–H and O–H groups in total. The molecular weight excluding hydrogens is 1090 g/mol. The van der Waals surface area contributed by atoms with Gasteiger partial charge in [-0.3, -0.25) is 19.2 Å². The number of phenols is 1. The van der Waals surface area contributed by atoms with Gasteiger partial charge < -0.3 is 45.4 Å². The predicted octanol–water partition coefficient (Wildman–Crippen LogP) is 9.64. The molecule has 0 radical (unpaired) electrons. The molecule has 2 aromatic rings. The fourth-order valence-electron chi connectivity index (χ4n) is 4.89. The van der Waals surface area contributed by atoms with Crippen molar-refractivity contribution >= 4 is 79.7 Å². The fourth-order valence-corrected chi connectivity index (χ4v) is 5.19. The van der Waals surface area contributed by atoms with Gasteiger partial charge in [0, 0.05) is 37.8 Å². The standard InChI is InChI=1S/C17H19F2NO4.C10H15ClO2.C8H15BrO2.C7H5F2NO2.C5H8O.C2H2Cl2O.C2H2/c1-2-3-4-5-6-7-10-23-14(21)11-24-13-9-8-12(18)15(16(13)19)17(20)22;1-2-3-4-5-6-7-8-13-10(12)9-11;9-5-3-7-11-8-4-1-2-6-10-8;8-3-1-2-4(11)6(9)5(3)7(10)12;1-2-3-4-5-6;3-1-2(4)5;1-2/h1,8-9H,3-7,10-11H2,(H2,20,22);1H,3-9H2;8H,1-7H2;1-2,11H,(H2,10,12);1,6H,3-5H2;1H2;1-2H. The summed E-state index contributed by atoms with van der Waals surface area (Å²) in [5.74, 6) is -2.17. The maximum absolute atomic E-state index is 13.9. The number of esters is 2. The lowest BCUT2D eigenvalue weighted by atomic mass is 10.1. The first-order valence-electron chi connectivity index (χ1n) is 22.5. The normalized spacial score (nSPS) is 11.5. The lowest BCUT2D eigenvalue weighted by Gasteiger charge is -2.22. The summed E-state index contributed by atoms with van der Waals surface area (Å²) < 4.78 is 78.0. The second kappa shape index (κ2) is 53.1. The third-order valence-electron chi connectivity index (χ3n) is 8.33. The third-order valence-corrected chi connectivity index (χ3v) is 9.63. The number of ether oxygens (including phenoxy) is 5. The van der Waals surface area contributed by atoms with Gasteiger partial charge in [-0.1, -0.05) is 41.6 Å². The molecule has 1 aliphatic rings. The number of aromatic hydroxyl groups is 1. The van der Waals surface area contributed by atoms with Crippen LogP contribution in [0, 0.1) is 73.1 Å². The Morgan fingerprint density at radius 2 is 1.18 bits per heavy atom. The maximum Gasteiger partial charge on any atom is 0.344 e. The highest BCUT2D eigenvalue weighted by Gasteiger charge is 2.20. The Bertz CT molecular complexity index is 1990. The molecule has 2 aromatic carbocycles. The quantitative estimate of drug-likeness (QED) is 0.0182. The molecule has 408 valence electrons. The summed E-state index contributed by atoms with van der Waals surface area (Å²) in [5.41, 5.74) is 7.71. The summed E-state index contributed by atoms with van der Waals surface area (Å²) in [6.45, 7) is 2.04. The SMILES string of the molecule is BrCCCOC1CCCCO1.C#C.C#CCCCCCCOC(=O)CCl.C#CCCCCCCOC(=O)COc1ccc(F)c(C(N)=O)c1F.C#CCCCO.NC(=O)c1c(F)ccc(O)c1F.O=C(Cl)CCl. The van der Waals surface area contributed by atoms with Gasteiger partial charge in [0.25, 0.3) is 11.8 Å². The van der Waals surface area contributed by atoms with Crippen LogP contribution in [-0.2, 0) is 33.3 Å². The molecule has 0 spiro atoms. The summed E-state index contributed by atoms with van der Waals surface area (Å²) in [7, 11) is 0. The van der Waals surface area contributed by atoms with Crippen LogP contribution in [-0.4, -0.2) is 102 Å². The minimum Gasteiger partial charge on any atom is -0.505 e. The molecule has 0 saturated carbocycles. The summed E-state index contributed by atoms with van der Waals surface area (Å²) in [6.07, 6.45) is 38.3. The number of alkyl halides is 3. The van der Waals surface area contributed by atoms with E-state index < -0.39 is 75.5 Å². The first-order chi connectivity index (χ1) is 34.9. The van der Waals surface area contributed by atoms with E-state index in [0.717, 1.165) is 120 Å². The Morgan fingerprint density at radius 1 is 0.699 bits per heavy atom. The van der Waals surface area contributed by atoms with E-state index in [2.05, 4.69) is 52.3 Å². The lowest BCUT2D eigenvalue weighted by molar-refractivity contribution is -0.162. The van der Waals surface area contributed by atoms with Gasteiger partial charge in [0.1, 0.15) is 28.6 Å². The van der Waals surface area contributed by atoms with Crippen molar-refractivity contribution in [1.29, 1.82) is 0 Å². The fraction of sp³-hybridized carbons (Fsp3) is 0.510. The molecule has 0 aromatic heterocycles. The van der Waals surface area contributed by atoms with E-state index in [0.29, 0.717) is 19.4 Å². The Balaban J connectivity index is -0.000000418. The lowest BCUT2D eigenvalue weighted by Crippen LogP contribution is -2.22. The maximum atomic E-state index is 13.9. The smallest absolute Gasteiger partial charge is 0.344 e. The molecule has 1 atom stereocenters. The molecule has 0 bridgehead atoms. The van der Waals surface area contributed by atoms with Gasteiger partial charge in [-0.05, 0) is 93.7 Å². The zero-order valence-electron chi connectivity index (χ0n) is 40.6. The summed E-state index contributed by atoms with van der Waals surface area (Å²) >= 11 is 18.1. The van der Waals surface area contributed by atoms with E-state index in [9.17, 15) is 41.5 Å². The molecule has 1 aliphatic heterocycles. The number of rotatable bonds is 25. The van der Waals surface area contributed by atoms with Crippen LogP contribution in [0.2, 0.25) is 0 Å². The van der Waals surface area contributed by atoms with Crippen LogP contribution in [0.4, 0.5) is 17.6 Å². The van der Waals surface area contributed by atoms with E-state index in [4.69, 9.17) is 93.7 Å². The third kappa shape index (κ3) is 44.0. The zero-order valence-corrected chi connectivity index (χ0v) is 44.5. The van der Waals surface area contributed by atoms with Crippen LogP contribution in [0.15, 0.2) is 24.3 Å². The number of carbonyl (C=O) groups is 5. The van der Waals surface area contributed by atoms with Crippen molar-refractivity contribution in [2.75, 3.05) is 56.7 Å². The van der Waals surface area contributed by atoms with E-state index in [-0.39, 0.29) is 37.2 Å². The van der Waals surface area contributed by atoms with Crippen LogP contribution < -0.4 is 16.2 Å². The van der Waals surface area contributed by atoms with Crippen LogP contribution in [0.3, 0.4) is 0 Å². The minimum atomic E-state index is -1.33. The van der Waals surface area contributed by atoms with Crippen molar-refractivity contribution in [2.45, 2.75) is 109 Å². The average molecular weight is 1160 g/mol. The molecule has 14 nitrogen and oxygen atoms in total. The van der Waals surface area contributed by atoms with Gasteiger partial charge in [-0.25, -0.2) is 22.4 Å². The highest BCUT2D eigenvalue weighted by molar-refractivity contribution is 9.09. The van der Waals surface area contributed by atoms with Gasteiger partial charge in [-0.2, -0.15) is 0 Å². The molecule has 1 unspecified atom stereocenters. The van der Waals surface area contributed by atoms with Crippen molar-refractivity contribution in [3.8, 4) is 61.4 Å². The summed E-state index contributed by atoms with van der Waals surface area (Å²) in [4.78, 5) is 52.9. The molecule has 1 saturated heterocycles. The van der Waals surface area contributed by atoms with Gasteiger partial charge >= 0.3 is 11.9 Å². The van der Waals surface area contributed by atoms with Crippen molar-refractivity contribution in [2.24, 2.45) is 11.5 Å². The largest absolute Gasteiger partial charge is 0.505 e. The topological polar surface area (TPSA) is 224 Å². The van der Waals surface area contributed by atoms with Crippen LogP contribution in [0.5, 0.6) is 11.5 Å². The van der Waals surface area contributed by atoms with Crippen molar-refractivity contribution in [3.05, 3.63) is 58.7 Å². The minimum absolute atomic E-state index is 0.0584. The van der Waals surface area contributed by atoms with Gasteiger partial charge in [0.2, 0.25) is 5.24 Å². The highest BCUT2D eigenvalue weighted by atomic mass is 79.9. The van der Waals surface area contributed by atoms with E-state index >= 15 is 0 Å². The second-order valence-electron chi connectivity index (χ2n) is 14.0. The Labute approximate surface area is 450 Å². The number of aliphatic hydroxyl groups excluding tert-OH is 1. The molecule has 1 heterocycles. The van der Waals surface area contributed by atoms with Gasteiger partial charge in [0.05, 0.1) is 25.7 Å². The molecule has 22 heteroatoms. The number of carbonyl (C=O) groups excluding carboxylic acids is 5. The van der Waals surface area contributed by atoms with Crippen molar-refractivity contribution in [1.82, 2.24) is 0 Å². The molecule has 3 rings (SSSR count). The molecule has 1 fully saturated rings. The summed E-state index contributed by atoms with van der Waals surface area (Å²) in [6, 6.07) is 3.37. The number of phenolic OH excluding ortho intramolecular Hbond substituents is 1. The summed E-state index contributed by atoms with van der Waals surface area (Å²) in [5, 5.41) is 17.3. The molecule has 0 aliphatic carbocycles. The van der Waals surface area contributed by atoms with E-state index in [1.807, 2.05) is 0 Å². The number of amides is 2. The number of terminal acetylenes is 4. The second-order valence-corrected chi connectivity index (χ2v) is 15.8. The van der Waals surface area contributed by atoms with Crippen molar-refractivity contribution in [3.63, 3.8) is 0 Å². The Morgan fingerprint density at radius 3 is 1.59 bits per heavy atom. The number of unbranched alkanes of at least 4 members (excludes halogenated alkanes) is 9. The van der Waals surface area contributed by atoms with Gasteiger partial charge in [-0.15, -0.1) is 73.1 Å². The van der Waals surface area contributed by atoms with E-state index in [1.54, 1.807) is 0 Å². The number of benzene rings is 2. The first-order valence-corrected chi connectivity index (χ1v) is 25.0. The van der Waals surface area contributed by atoms with Crippen LogP contribution >= 0.6 is 50.7 Å². The number of hydrogen-bond acceptors (Lipinski definition) is 12. The number of nitrogens with two attached hydrogens (primary N) is 2. The number of primary amides is 2. The monoisotopic (exact) mass is 1160 g/mol. The molecule has 2 amide bonds.